The number of fused-ring (bicyclic) bond motifs is 1. The van der Waals surface area contributed by atoms with Crippen LogP contribution in [0.4, 0.5) is 5.95 Å². The summed E-state index contributed by atoms with van der Waals surface area (Å²) in [4.78, 5) is 27.9. The molecule has 1 aliphatic heterocycles. The molecular formula is C21H26N6O. The molecule has 1 atom stereocenters. The summed E-state index contributed by atoms with van der Waals surface area (Å²) in [6, 6.07) is 9.98. The standard InChI is InChI=1S/C21H26N6O/c1-16-25-18-8-2-3-9-19(18)27(16)14-6-12-22-20(28)17-7-4-13-26(15-17)21-23-10-5-11-24-21/h2-3,5,8-11,17H,4,6-7,12-15H2,1H3,(H,22,28). The molecular weight excluding hydrogens is 352 g/mol. The number of carbonyl (C=O) groups is 1. The Hall–Kier alpha value is -2.96. The predicted octanol–water partition coefficient (Wildman–Crippen LogP) is 2.56. The normalized spacial score (nSPS) is 17.0. The van der Waals surface area contributed by atoms with Gasteiger partial charge in [-0.1, -0.05) is 12.1 Å². The van der Waals surface area contributed by atoms with Crippen molar-refractivity contribution in [3.8, 4) is 0 Å². The van der Waals surface area contributed by atoms with Crippen LogP contribution in [0.15, 0.2) is 42.7 Å². The minimum atomic E-state index is -0.00614. The maximum atomic E-state index is 12.6. The number of anilines is 1. The van der Waals surface area contributed by atoms with Crippen LogP contribution in [-0.4, -0.2) is 45.1 Å². The first-order chi connectivity index (χ1) is 13.7. The Bertz CT molecular complexity index is 938. The maximum Gasteiger partial charge on any atom is 0.225 e. The molecule has 3 aromatic rings. The number of aromatic nitrogens is 4. The Morgan fingerprint density at radius 3 is 2.89 bits per heavy atom. The van der Waals surface area contributed by atoms with E-state index in [9.17, 15) is 4.79 Å². The molecule has 1 aromatic carbocycles. The van der Waals surface area contributed by atoms with Crippen LogP contribution < -0.4 is 10.2 Å². The van der Waals surface area contributed by atoms with E-state index in [0.717, 1.165) is 49.2 Å². The molecule has 2 aromatic heterocycles. The first-order valence-corrected chi connectivity index (χ1v) is 9.94. The van der Waals surface area contributed by atoms with Gasteiger partial charge in [-0.3, -0.25) is 4.79 Å². The van der Waals surface area contributed by atoms with E-state index >= 15 is 0 Å². The summed E-state index contributed by atoms with van der Waals surface area (Å²) in [7, 11) is 0. The second-order valence-corrected chi connectivity index (χ2v) is 7.28. The van der Waals surface area contributed by atoms with Crippen molar-refractivity contribution in [1.82, 2.24) is 24.8 Å². The van der Waals surface area contributed by atoms with Gasteiger partial charge < -0.3 is 14.8 Å². The zero-order valence-electron chi connectivity index (χ0n) is 16.2. The van der Waals surface area contributed by atoms with Gasteiger partial charge in [0.05, 0.1) is 17.0 Å². The lowest BCUT2D eigenvalue weighted by Gasteiger charge is -2.31. The molecule has 1 saturated heterocycles. The molecule has 28 heavy (non-hydrogen) atoms. The molecule has 0 spiro atoms. The zero-order valence-corrected chi connectivity index (χ0v) is 16.2. The molecule has 1 amide bonds. The SMILES string of the molecule is Cc1nc2ccccc2n1CCCNC(=O)C1CCCN(c2ncccn2)C1. The first kappa shape index (κ1) is 18.4. The second kappa shape index (κ2) is 8.37. The molecule has 146 valence electrons. The van der Waals surface area contributed by atoms with Gasteiger partial charge in [0, 0.05) is 38.6 Å². The van der Waals surface area contributed by atoms with E-state index in [2.05, 4.69) is 35.8 Å². The highest BCUT2D eigenvalue weighted by atomic mass is 16.1. The minimum absolute atomic E-state index is 0.00614. The van der Waals surface area contributed by atoms with Crippen molar-refractivity contribution in [1.29, 1.82) is 0 Å². The van der Waals surface area contributed by atoms with Crippen molar-refractivity contribution < 1.29 is 4.79 Å². The number of rotatable bonds is 6. The number of benzene rings is 1. The van der Waals surface area contributed by atoms with Gasteiger partial charge in [-0.05, 0) is 44.4 Å². The highest BCUT2D eigenvalue weighted by Crippen LogP contribution is 2.20. The zero-order chi connectivity index (χ0) is 19.3. The van der Waals surface area contributed by atoms with Gasteiger partial charge in [-0.2, -0.15) is 0 Å². The molecule has 4 rings (SSSR count). The number of amides is 1. The Morgan fingerprint density at radius 1 is 1.21 bits per heavy atom. The minimum Gasteiger partial charge on any atom is -0.356 e. The summed E-state index contributed by atoms with van der Waals surface area (Å²) in [5.41, 5.74) is 2.17. The third-order valence-electron chi connectivity index (χ3n) is 5.33. The highest BCUT2D eigenvalue weighted by Gasteiger charge is 2.26. The third kappa shape index (κ3) is 3.98. The van der Waals surface area contributed by atoms with Crippen LogP contribution in [0.25, 0.3) is 11.0 Å². The second-order valence-electron chi connectivity index (χ2n) is 7.28. The van der Waals surface area contributed by atoms with Crippen molar-refractivity contribution in [2.75, 3.05) is 24.5 Å². The number of imidazole rings is 1. The summed E-state index contributed by atoms with van der Waals surface area (Å²) in [6.07, 6.45) is 6.27. The number of hydrogen-bond acceptors (Lipinski definition) is 5. The van der Waals surface area contributed by atoms with Crippen molar-refractivity contribution >= 4 is 22.9 Å². The van der Waals surface area contributed by atoms with Crippen molar-refractivity contribution in [3.05, 3.63) is 48.5 Å². The van der Waals surface area contributed by atoms with Gasteiger partial charge in [0.15, 0.2) is 0 Å². The quantitative estimate of drug-likeness (QED) is 0.667. The topological polar surface area (TPSA) is 75.9 Å². The molecule has 0 bridgehead atoms. The van der Waals surface area contributed by atoms with E-state index in [0.29, 0.717) is 19.0 Å². The van der Waals surface area contributed by atoms with E-state index in [-0.39, 0.29) is 11.8 Å². The monoisotopic (exact) mass is 378 g/mol. The molecule has 7 heteroatoms. The fourth-order valence-corrected chi connectivity index (χ4v) is 3.90. The van der Waals surface area contributed by atoms with Crippen LogP contribution in [0.1, 0.15) is 25.1 Å². The van der Waals surface area contributed by atoms with Gasteiger partial charge in [0.2, 0.25) is 11.9 Å². The maximum absolute atomic E-state index is 12.6. The number of nitrogens with one attached hydrogen (secondary N) is 1. The van der Waals surface area contributed by atoms with E-state index < -0.39 is 0 Å². The van der Waals surface area contributed by atoms with Crippen LogP contribution >= 0.6 is 0 Å². The van der Waals surface area contributed by atoms with E-state index in [1.807, 2.05) is 31.2 Å². The molecule has 1 N–H and O–H groups in total. The lowest BCUT2D eigenvalue weighted by Crippen LogP contribution is -2.44. The van der Waals surface area contributed by atoms with Gasteiger partial charge in [-0.15, -0.1) is 0 Å². The van der Waals surface area contributed by atoms with Crippen LogP contribution in [-0.2, 0) is 11.3 Å². The Labute approximate surface area is 164 Å². The summed E-state index contributed by atoms with van der Waals surface area (Å²) < 4.78 is 2.22. The Balaban J connectivity index is 1.28. The third-order valence-corrected chi connectivity index (χ3v) is 5.33. The lowest BCUT2D eigenvalue weighted by molar-refractivity contribution is -0.125. The molecule has 1 unspecified atom stereocenters. The van der Waals surface area contributed by atoms with Gasteiger partial charge in [-0.25, -0.2) is 15.0 Å². The van der Waals surface area contributed by atoms with E-state index in [1.165, 1.54) is 0 Å². The van der Waals surface area contributed by atoms with Crippen LogP contribution in [0.2, 0.25) is 0 Å². The molecule has 7 nitrogen and oxygen atoms in total. The fraction of sp³-hybridized carbons (Fsp3) is 0.429. The van der Waals surface area contributed by atoms with Crippen LogP contribution in [0, 0.1) is 12.8 Å². The highest BCUT2D eigenvalue weighted by molar-refractivity contribution is 5.79. The van der Waals surface area contributed by atoms with E-state index in [1.54, 1.807) is 12.4 Å². The average Bonchev–Trinajstić information content (AvgIpc) is 3.07. The number of piperidine rings is 1. The average molecular weight is 378 g/mol. The van der Waals surface area contributed by atoms with Gasteiger partial charge >= 0.3 is 0 Å². The van der Waals surface area contributed by atoms with Crippen LogP contribution in [0.3, 0.4) is 0 Å². The van der Waals surface area contributed by atoms with Gasteiger partial charge in [0.25, 0.3) is 0 Å². The smallest absolute Gasteiger partial charge is 0.225 e. The molecule has 0 radical (unpaired) electrons. The summed E-state index contributed by atoms with van der Waals surface area (Å²) >= 11 is 0. The Morgan fingerprint density at radius 2 is 2.04 bits per heavy atom. The molecule has 1 aliphatic rings. The number of carbonyl (C=O) groups excluding carboxylic acids is 1. The number of nitrogens with zero attached hydrogens (tertiary/aromatic N) is 5. The number of para-hydroxylation sites is 2. The molecule has 3 heterocycles. The van der Waals surface area contributed by atoms with E-state index in [4.69, 9.17) is 0 Å². The summed E-state index contributed by atoms with van der Waals surface area (Å²) in [6.45, 7) is 5.13. The first-order valence-electron chi connectivity index (χ1n) is 9.94. The lowest BCUT2D eigenvalue weighted by atomic mass is 9.97. The van der Waals surface area contributed by atoms with Crippen LogP contribution in [0.5, 0.6) is 0 Å². The molecule has 1 fully saturated rings. The van der Waals surface area contributed by atoms with Gasteiger partial charge in [0.1, 0.15) is 5.82 Å². The summed E-state index contributed by atoms with van der Waals surface area (Å²) in [5, 5.41) is 3.11. The van der Waals surface area contributed by atoms with Crippen molar-refractivity contribution in [2.24, 2.45) is 5.92 Å². The van der Waals surface area contributed by atoms with Crippen molar-refractivity contribution in [3.63, 3.8) is 0 Å². The van der Waals surface area contributed by atoms with Crippen molar-refractivity contribution in [2.45, 2.75) is 32.7 Å². The summed E-state index contributed by atoms with van der Waals surface area (Å²) in [5.74, 6) is 1.85. The Kier molecular flexibility index (Phi) is 5.50. The largest absolute Gasteiger partial charge is 0.356 e. The molecule has 0 aliphatic carbocycles. The fourth-order valence-electron chi connectivity index (χ4n) is 3.90. The number of hydrogen-bond donors (Lipinski definition) is 1. The predicted molar refractivity (Wildman–Crippen MR) is 109 cm³/mol. The number of aryl methyl sites for hydroxylation is 2. The molecule has 0 saturated carbocycles.